The first kappa shape index (κ1) is 24.1. The van der Waals surface area contributed by atoms with E-state index in [0.29, 0.717) is 0 Å². The number of carbonyl (C=O) groups is 1. The highest BCUT2D eigenvalue weighted by molar-refractivity contribution is 9.12. The summed E-state index contributed by atoms with van der Waals surface area (Å²) in [5.74, 6) is 0.104. The van der Waals surface area contributed by atoms with Gasteiger partial charge in [0.15, 0.2) is 11.2 Å². The van der Waals surface area contributed by atoms with Crippen LogP contribution < -0.4 is 5.43 Å². The summed E-state index contributed by atoms with van der Waals surface area (Å²) >= 11 is 10.9. The van der Waals surface area contributed by atoms with Crippen molar-refractivity contribution in [2.45, 2.75) is 9.65 Å². The highest BCUT2D eigenvalue weighted by Gasteiger charge is 2.31. The Balaban J connectivity index is 0.000000145. The fourth-order valence-electron chi connectivity index (χ4n) is 4.43. The number of benzene rings is 4. The lowest BCUT2D eigenvalue weighted by atomic mass is 9.99. The van der Waals surface area contributed by atoms with Crippen molar-refractivity contribution in [3.8, 4) is 0 Å². The molecular formula is C30H19Br3O2. The fourth-order valence-corrected chi connectivity index (χ4v) is 6.39. The lowest BCUT2D eigenvalue weighted by Gasteiger charge is -2.16. The van der Waals surface area contributed by atoms with Gasteiger partial charge in [-0.25, -0.2) is 0 Å². The third-order valence-electron chi connectivity index (χ3n) is 6.18. The Morgan fingerprint density at radius 1 is 0.543 bits per heavy atom. The lowest BCUT2D eigenvalue weighted by molar-refractivity contribution is 0.103. The van der Waals surface area contributed by atoms with Gasteiger partial charge in [-0.1, -0.05) is 145 Å². The van der Waals surface area contributed by atoms with Crippen molar-refractivity contribution in [2.75, 3.05) is 0 Å². The smallest absolute Gasteiger partial charge is 0.194 e. The molecule has 0 saturated carbocycles. The van der Waals surface area contributed by atoms with Gasteiger partial charge < -0.3 is 0 Å². The summed E-state index contributed by atoms with van der Waals surface area (Å²) in [6, 6.07) is 32.9. The Kier molecular flexibility index (Phi) is 7.01. The van der Waals surface area contributed by atoms with Crippen molar-refractivity contribution in [3.63, 3.8) is 0 Å². The first-order chi connectivity index (χ1) is 17.0. The van der Waals surface area contributed by atoms with Crippen LogP contribution in [0.4, 0.5) is 0 Å². The third kappa shape index (κ3) is 4.53. The average Bonchev–Trinajstić information content (AvgIpc) is 3.06. The van der Waals surface area contributed by atoms with Gasteiger partial charge in [0.05, 0.1) is 9.65 Å². The number of carbonyl (C=O) groups excluding carboxylic acids is 1. The van der Waals surface area contributed by atoms with Gasteiger partial charge in [-0.05, 0) is 28.0 Å². The molecule has 5 aromatic rings. The minimum absolute atomic E-state index is 0.0851. The Hall–Kier alpha value is -2.60. The Labute approximate surface area is 228 Å². The fraction of sp³-hybridized carbons (Fsp3) is 0.0667. The van der Waals surface area contributed by atoms with E-state index in [0.717, 1.165) is 48.3 Å². The second kappa shape index (κ2) is 10.2. The molecule has 1 aliphatic rings. The van der Waals surface area contributed by atoms with Crippen LogP contribution in [-0.2, 0) is 0 Å². The predicted molar refractivity (Wildman–Crippen MR) is 155 cm³/mol. The highest BCUT2D eigenvalue weighted by Crippen LogP contribution is 2.47. The van der Waals surface area contributed by atoms with E-state index >= 15 is 0 Å². The summed E-state index contributed by atoms with van der Waals surface area (Å²) in [4.78, 5) is 25.2. The van der Waals surface area contributed by atoms with E-state index in [-0.39, 0.29) is 20.9 Å². The van der Waals surface area contributed by atoms with E-state index in [2.05, 4.69) is 47.8 Å². The zero-order valence-corrected chi connectivity index (χ0v) is 23.2. The summed E-state index contributed by atoms with van der Waals surface area (Å²) in [5, 5.41) is 3.42. The molecule has 172 valence electrons. The SMILES string of the molecule is O=C1c2ccccc2C(Br)C(Br)c2ccccc21.O=c1c2ccccc2cc(Br)c2ccccc12. The number of hydrogen-bond acceptors (Lipinski definition) is 2. The first-order valence-electron chi connectivity index (χ1n) is 11.1. The third-order valence-corrected chi connectivity index (χ3v) is 9.59. The van der Waals surface area contributed by atoms with E-state index in [1.807, 2.05) is 103 Å². The van der Waals surface area contributed by atoms with Crippen LogP contribution in [0.25, 0.3) is 21.5 Å². The molecule has 0 N–H and O–H groups in total. The molecule has 2 nitrogen and oxygen atoms in total. The van der Waals surface area contributed by atoms with Crippen LogP contribution in [0.2, 0.25) is 0 Å². The van der Waals surface area contributed by atoms with E-state index in [1.54, 1.807) is 0 Å². The summed E-state index contributed by atoms with van der Waals surface area (Å²) < 4.78 is 0.950. The summed E-state index contributed by atoms with van der Waals surface area (Å²) in [6.07, 6.45) is 0. The van der Waals surface area contributed by atoms with E-state index in [9.17, 15) is 9.59 Å². The molecule has 0 amide bonds. The molecule has 0 aromatic heterocycles. The number of halogens is 3. The zero-order chi connectivity index (χ0) is 24.5. The second-order valence-electron chi connectivity index (χ2n) is 8.26. The highest BCUT2D eigenvalue weighted by atomic mass is 79.9. The first-order valence-corrected chi connectivity index (χ1v) is 13.7. The normalized spacial score (nSPS) is 16.6. The Bertz CT molecular complexity index is 1590. The second-order valence-corrected chi connectivity index (χ2v) is 11.1. The molecule has 5 heteroatoms. The maximum Gasteiger partial charge on any atom is 0.194 e. The minimum Gasteiger partial charge on any atom is -0.289 e. The topological polar surface area (TPSA) is 34.1 Å². The van der Waals surface area contributed by atoms with Gasteiger partial charge in [0.2, 0.25) is 0 Å². The van der Waals surface area contributed by atoms with Crippen LogP contribution >= 0.6 is 47.8 Å². The van der Waals surface area contributed by atoms with Crippen molar-refractivity contribution in [1.29, 1.82) is 0 Å². The quantitative estimate of drug-likeness (QED) is 0.157. The van der Waals surface area contributed by atoms with Crippen LogP contribution in [0.15, 0.2) is 112 Å². The van der Waals surface area contributed by atoms with Gasteiger partial charge >= 0.3 is 0 Å². The monoisotopic (exact) mass is 648 g/mol. The number of rotatable bonds is 0. The van der Waals surface area contributed by atoms with E-state index in [1.165, 1.54) is 0 Å². The standard InChI is InChI=1S/C15H10Br2O.C15H9BrO/c16-13-9-5-1-3-7-11(9)15(18)12-8-4-2-6-10(12)14(13)17;16-14-9-10-5-1-2-6-11(10)15(17)13-8-4-3-7-12(13)14/h1-8,13-14H;1-9H. The predicted octanol–water partition coefficient (Wildman–Crippen LogP) is 8.92. The van der Waals surface area contributed by atoms with E-state index in [4.69, 9.17) is 0 Å². The summed E-state index contributed by atoms with van der Waals surface area (Å²) in [6.45, 7) is 0. The van der Waals surface area contributed by atoms with Crippen molar-refractivity contribution in [2.24, 2.45) is 0 Å². The molecule has 0 radical (unpaired) electrons. The maximum atomic E-state index is 12.6. The molecule has 0 spiro atoms. The molecule has 2 atom stereocenters. The zero-order valence-electron chi connectivity index (χ0n) is 18.4. The van der Waals surface area contributed by atoms with Gasteiger partial charge in [-0.3, -0.25) is 9.59 Å². The molecule has 0 heterocycles. The minimum atomic E-state index is 0.0851. The Morgan fingerprint density at radius 3 is 1.60 bits per heavy atom. The maximum absolute atomic E-state index is 12.6. The largest absolute Gasteiger partial charge is 0.289 e. The Morgan fingerprint density at radius 2 is 1.00 bits per heavy atom. The number of alkyl halides is 2. The van der Waals surface area contributed by atoms with Crippen molar-refractivity contribution >= 4 is 75.1 Å². The molecule has 0 fully saturated rings. The van der Waals surface area contributed by atoms with Crippen LogP contribution in [0, 0.1) is 0 Å². The lowest BCUT2D eigenvalue weighted by Crippen LogP contribution is -2.03. The van der Waals surface area contributed by atoms with Crippen molar-refractivity contribution < 1.29 is 4.79 Å². The average molecular weight is 651 g/mol. The van der Waals surface area contributed by atoms with Gasteiger partial charge in [-0.15, -0.1) is 0 Å². The molecule has 0 saturated heterocycles. The van der Waals surface area contributed by atoms with Crippen LogP contribution in [-0.4, -0.2) is 5.78 Å². The number of ketones is 1. The van der Waals surface area contributed by atoms with Crippen LogP contribution in [0.1, 0.15) is 36.7 Å². The van der Waals surface area contributed by atoms with Crippen LogP contribution in [0.3, 0.4) is 0 Å². The molecule has 5 aromatic carbocycles. The van der Waals surface area contributed by atoms with Crippen molar-refractivity contribution in [1.82, 2.24) is 0 Å². The molecule has 0 aliphatic heterocycles. The van der Waals surface area contributed by atoms with E-state index < -0.39 is 0 Å². The molecular weight excluding hydrogens is 632 g/mol. The molecule has 2 unspecified atom stereocenters. The van der Waals surface area contributed by atoms with Gasteiger partial charge in [0.25, 0.3) is 0 Å². The van der Waals surface area contributed by atoms with Crippen molar-refractivity contribution in [3.05, 3.63) is 140 Å². The van der Waals surface area contributed by atoms with Gasteiger partial charge in [0.1, 0.15) is 0 Å². The summed E-state index contributed by atoms with van der Waals surface area (Å²) in [7, 11) is 0. The molecule has 0 bridgehead atoms. The molecule has 1 aliphatic carbocycles. The van der Waals surface area contributed by atoms with Gasteiger partial charge in [0, 0.05) is 26.4 Å². The van der Waals surface area contributed by atoms with Gasteiger partial charge in [-0.2, -0.15) is 0 Å². The number of hydrogen-bond donors (Lipinski definition) is 0. The van der Waals surface area contributed by atoms with Crippen LogP contribution in [0.5, 0.6) is 0 Å². The summed E-state index contributed by atoms with van der Waals surface area (Å²) in [5.41, 5.74) is 3.74. The number of fused-ring (bicyclic) bond motifs is 4. The molecule has 6 rings (SSSR count). The molecule has 35 heavy (non-hydrogen) atoms.